The molecule has 9 heteroatoms. The molecule has 1 heterocycles. The molecule has 164 valence electrons. The number of carbonyl (C=O) groups excluding carboxylic acids is 1. The second kappa shape index (κ2) is 11.4. The summed E-state index contributed by atoms with van der Waals surface area (Å²) in [6, 6.07) is 9.25. The molecule has 9 nitrogen and oxygen atoms in total. The second-order valence-electron chi connectivity index (χ2n) is 6.54. The molecule has 0 unspecified atom stereocenters. The Morgan fingerprint density at radius 1 is 1.06 bits per heavy atom. The summed E-state index contributed by atoms with van der Waals surface area (Å²) < 4.78 is 0. The Balaban J connectivity index is 2.27. The van der Waals surface area contributed by atoms with Gasteiger partial charge in [-0.05, 0) is 38.5 Å². The monoisotopic (exact) mass is 425 g/mol. The fourth-order valence-corrected chi connectivity index (χ4v) is 2.82. The number of rotatable bonds is 9. The van der Waals surface area contributed by atoms with E-state index in [1.165, 1.54) is 21.3 Å². The molecule has 1 amide bonds. The van der Waals surface area contributed by atoms with Crippen molar-refractivity contribution in [2.75, 3.05) is 21.3 Å². The first-order valence-electron chi connectivity index (χ1n) is 9.56. The van der Waals surface area contributed by atoms with Crippen LogP contribution >= 0.6 is 0 Å². The Kier molecular flexibility index (Phi) is 8.68. The Morgan fingerprint density at radius 2 is 1.81 bits per heavy atom. The standard InChI is InChI=1S/C22H27N5O4/c1-14-8-7-9-18(21(27-30-6)22(28)23-4)19(14)13-31-26-16(3)20-12-17(10-11-24-20)15(2)25-29-5/h7-12H,13H2,1-6H3,(H,23,28)/b25-15+,26-16+,27-21+. The molecule has 0 spiro atoms. The van der Waals surface area contributed by atoms with Crippen molar-refractivity contribution in [1.82, 2.24) is 10.3 Å². The predicted molar refractivity (Wildman–Crippen MR) is 119 cm³/mol. The van der Waals surface area contributed by atoms with Crippen LogP contribution in [-0.4, -0.2) is 49.3 Å². The molecule has 0 saturated carbocycles. The fourth-order valence-electron chi connectivity index (χ4n) is 2.82. The molecule has 0 radical (unpaired) electrons. The zero-order valence-electron chi connectivity index (χ0n) is 18.6. The van der Waals surface area contributed by atoms with Crippen molar-refractivity contribution in [3.8, 4) is 0 Å². The van der Waals surface area contributed by atoms with Crippen molar-refractivity contribution < 1.29 is 19.3 Å². The van der Waals surface area contributed by atoms with Crippen LogP contribution in [0.1, 0.15) is 41.8 Å². The highest BCUT2D eigenvalue weighted by molar-refractivity contribution is 6.45. The van der Waals surface area contributed by atoms with Crippen LogP contribution < -0.4 is 5.32 Å². The Labute approximate surface area is 181 Å². The molecule has 0 aliphatic carbocycles. The number of pyridine rings is 1. The van der Waals surface area contributed by atoms with E-state index in [9.17, 15) is 4.79 Å². The largest absolute Gasteiger partial charge is 0.399 e. The topological polar surface area (TPSA) is 107 Å². The Bertz CT molecular complexity index is 1010. The number of carbonyl (C=O) groups is 1. The van der Waals surface area contributed by atoms with Crippen molar-refractivity contribution in [2.24, 2.45) is 15.5 Å². The summed E-state index contributed by atoms with van der Waals surface area (Å²) in [6.45, 7) is 5.71. The van der Waals surface area contributed by atoms with Gasteiger partial charge in [0.25, 0.3) is 5.91 Å². The second-order valence-corrected chi connectivity index (χ2v) is 6.54. The highest BCUT2D eigenvalue weighted by atomic mass is 16.6. The SMILES string of the molecule is CNC(=O)/C(=N/OC)c1cccc(C)c1CO/N=C(\C)c1cc(/C(C)=N/OC)ccn1. The molecule has 2 rings (SSSR count). The first kappa shape index (κ1) is 23.5. The van der Waals surface area contributed by atoms with Crippen molar-refractivity contribution in [2.45, 2.75) is 27.4 Å². The maximum atomic E-state index is 12.2. The molecule has 0 fully saturated rings. The molecule has 1 N–H and O–H groups in total. The summed E-state index contributed by atoms with van der Waals surface area (Å²) in [7, 11) is 4.43. The average Bonchev–Trinajstić information content (AvgIpc) is 2.78. The van der Waals surface area contributed by atoms with Gasteiger partial charge in [0.2, 0.25) is 0 Å². The van der Waals surface area contributed by atoms with E-state index < -0.39 is 0 Å². The minimum Gasteiger partial charge on any atom is -0.399 e. The molecular weight excluding hydrogens is 398 g/mol. The van der Waals surface area contributed by atoms with Gasteiger partial charge in [0.15, 0.2) is 5.71 Å². The normalized spacial score (nSPS) is 12.4. The predicted octanol–water partition coefficient (Wildman–Crippen LogP) is 2.80. The molecule has 0 aliphatic heterocycles. The molecule has 1 aromatic carbocycles. The quantitative estimate of drug-likeness (QED) is 0.491. The van der Waals surface area contributed by atoms with Gasteiger partial charge in [0, 0.05) is 29.9 Å². The third-order valence-electron chi connectivity index (χ3n) is 4.48. The highest BCUT2D eigenvalue weighted by Gasteiger charge is 2.19. The van der Waals surface area contributed by atoms with Crippen molar-refractivity contribution in [3.63, 3.8) is 0 Å². The number of oxime groups is 3. The summed E-state index contributed by atoms with van der Waals surface area (Å²) in [6.07, 6.45) is 1.68. The molecule has 0 atom stereocenters. The number of hydrogen-bond donors (Lipinski definition) is 1. The van der Waals surface area contributed by atoms with E-state index in [-0.39, 0.29) is 18.2 Å². The van der Waals surface area contributed by atoms with Gasteiger partial charge in [-0.1, -0.05) is 33.7 Å². The van der Waals surface area contributed by atoms with E-state index >= 15 is 0 Å². The van der Waals surface area contributed by atoms with Crippen LogP contribution in [0.15, 0.2) is 52.0 Å². The summed E-state index contributed by atoms with van der Waals surface area (Å²) >= 11 is 0. The van der Waals surface area contributed by atoms with Gasteiger partial charge in [0.1, 0.15) is 26.5 Å². The summed E-state index contributed by atoms with van der Waals surface area (Å²) in [4.78, 5) is 31.9. The van der Waals surface area contributed by atoms with Crippen LogP contribution in [0.3, 0.4) is 0 Å². The fraction of sp³-hybridized carbons (Fsp3) is 0.318. The molecule has 1 aromatic heterocycles. The average molecular weight is 425 g/mol. The van der Waals surface area contributed by atoms with E-state index in [2.05, 4.69) is 25.8 Å². The smallest absolute Gasteiger partial charge is 0.273 e. The summed E-state index contributed by atoms with van der Waals surface area (Å²) in [5.74, 6) is -0.359. The zero-order chi connectivity index (χ0) is 22.8. The Hall–Kier alpha value is -3.75. The van der Waals surface area contributed by atoms with E-state index in [0.29, 0.717) is 17.0 Å². The van der Waals surface area contributed by atoms with Crippen LogP contribution in [-0.2, 0) is 25.9 Å². The van der Waals surface area contributed by atoms with E-state index in [4.69, 9.17) is 14.5 Å². The van der Waals surface area contributed by atoms with Crippen molar-refractivity contribution in [1.29, 1.82) is 0 Å². The molecule has 31 heavy (non-hydrogen) atoms. The third kappa shape index (κ3) is 6.11. The van der Waals surface area contributed by atoms with Gasteiger partial charge in [-0.2, -0.15) is 0 Å². The molecule has 0 saturated heterocycles. The number of likely N-dealkylation sites (N-methyl/N-ethyl adjacent to an activating group) is 1. The van der Waals surface area contributed by atoms with Crippen LogP contribution in [0.25, 0.3) is 0 Å². The van der Waals surface area contributed by atoms with E-state index in [1.54, 1.807) is 19.2 Å². The number of amides is 1. The van der Waals surface area contributed by atoms with Crippen LogP contribution in [0.2, 0.25) is 0 Å². The lowest BCUT2D eigenvalue weighted by Gasteiger charge is -2.13. The molecule has 0 aliphatic rings. The molecular formula is C22H27N5O4. The summed E-state index contributed by atoms with van der Waals surface area (Å²) in [5.41, 5.74) is 5.33. The number of aryl methyl sites for hydroxylation is 1. The lowest BCUT2D eigenvalue weighted by atomic mass is 9.98. The van der Waals surface area contributed by atoms with Crippen LogP contribution in [0.4, 0.5) is 0 Å². The minimum absolute atomic E-state index is 0.142. The van der Waals surface area contributed by atoms with Gasteiger partial charge in [-0.25, -0.2) is 0 Å². The van der Waals surface area contributed by atoms with Crippen LogP contribution in [0.5, 0.6) is 0 Å². The van der Waals surface area contributed by atoms with Gasteiger partial charge >= 0.3 is 0 Å². The van der Waals surface area contributed by atoms with Gasteiger partial charge in [-0.15, -0.1) is 0 Å². The number of nitrogens with zero attached hydrogens (tertiary/aromatic N) is 4. The number of benzene rings is 1. The first-order valence-corrected chi connectivity index (χ1v) is 9.56. The minimum atomic E-state index is -0.359. The van der Waals surface area contributed by atoms with E-state index in [1.807, 2.05) is 38.1 Å². The zero-order valence-corrected chi connectivity index (χ0v) is 18.6. The molecule has 2 aromatic rings. The van der Waals surface area contributed by atoms with Crippen LogP contribution in [0, 0.1) is 6.92 Å². The molecule has 0 bridgehead atoms. The van der Waals surface area contributed by atoms with Gasteiger partial charge in [-0.3, -0.25) is 9.78 Å². The lowest BCUT2D eigenvalue weighted by molar-refractivity contribution is -0.114. The highest BCUT2D eigenvalue weighted by Crippen LogP contribution is 2.18. The number of aromatic nitrogens is 1. The van der Waals surface area contributed by atoms with Gasteiger partial charge in [0.05, 0.1) is 11.4 Å². The number of hydrogen-bond acceptors (Lipinski definition) is 8. The lowest BCUT2D eigenvalue weighted by Crippen LogP contribution is -2.29. The summed E-state index contributed by atoms with van der Waals surface area (Å²) in [5, 5.41) is 14.6. The third-order valence-corrected chi connectivity index (χ3v) is 4.48. The van der Waals surface area contributed by atoms with Gasteiger partial charge < -0.3 is 19.8 Å². The van der Waals surface area contributed by atoms with Crippen molar-refractivity contribution >= 4 is 23.0 Å². The maximum absolute atomic E-state index is 12.2. The number of nitrogens with one attached hydrogen (secondary N) is 1. The van der Waals surface area contributed by atoms with E-state index in [0.717, 1.165) is 22.4 Å². The first-order chi connectivity index (χ1) is 14.9. The van der Waals surface area contributed by atoms with Crippen molar-refractivity contribution in [3.05, 3.63) is 64.5 Å². The maximum Gasteiger partial charge on any atom is 0.273 e. The Morgan fingerprint density at radius 3 is 2.48 bits per heavy atom.